The van der Waals surface area contributed by atoms with Gasteiger partial charge >= 0.3 is 5.97 Å². The van der Waals surface area contributed by atoms with Crippen molar-refractivity contribution in [1.82, 2.24) is 0 Å². The van der Waals surface area contributed by atoms with Gasteiger partial charge in [-0.2, -0.15) is 0 Å². The third kappa shape index (κ3) is 1.05. The Morgan fingerprint density at radius 3 is 2.58 bits per heavy atom. The Hall–Kier alpha value is -0.830. The van der Waals surface area contributed by atoms with E-state index in [1.54, 1.807) is 6.08 Å². The summed E-state index contributed by atoms with van der Waals surface area (Å²) in [6, 6.07) is 0. The van der Waals surface area contributed by atoms with Crippen molar-refractivity contribution in [3.8, 4) is 0 Å². The molecule has 1 fully saturated rings. The van der Waals surface area contributed by atoms with Gasteiger partial charge in [0.1, 0.15) is 5.41 Å². The molecule has 0 N–H and O–H groups in total. The third-order valence-electron chi connectivity index (χ3n) is 2.20. The first-order valence-corrected chi connectivity index (χ1v) is 3.88. The Morgan fingerprint density at radius 1 is 1.75 bits per heavy atom. The molecule has 2 unspecified atom stereocenters. The van der Waals surface area contributed by atoms with E-state index in [0.29, 0.717) is 6.42 Å². The summed E-state index contributed by atoms with van der Waals surface area (Å²) in [5.74, 6) is -0.720. The fourth-order valence-corrected chi connectivity index (χ4v) is 1.59. The van der Waals surface area contributed by atoms with Gasteiger partial charge in [0.25, 0.3) is 0 Å². The van der Waals surface area contributed by atoms with Crippen LogP contribution in [0.15, 0.2) is 12.7 Å². The first kappa shape index (κ1) is 9.26. The van der Waals surface area contributed by atoms with Gasteiger partial charge in [-0.1, -0.05) is 6.08 Å². The van der Waals surface area contributed by atoms with Crippen molar-refractivity contribution in [2.75, 3.05) is 7.11 Å². The maximum Gasteiger partial charge on any atom is 0.321 e. The van der Waals surface area contributed by atoms with Crippen LogP contribution in [0.5, 0.6) is 0 Å². The second kappa shape index (κ2) is 2.90. The molecule has 1 aliphatic carbocycles. The van der Waals surface area contributed by atoms with Crippen molar-refractivity contribution < 1.29 is 14.3 Å². The van der Waals surface area contributed by atoms with Crippen LogP contribution in [0.1, 0.15) is 6.42 Å². The maximum atomic E-state index is 11.1. The summed E-state index contributed by atoms with van der Waals surface area (Å²) in [5, 5.41) is -0.653. The van der Waals surface area contributed by atoms with Gasteiger partial charge in [-0.15, -0.1) is 6.58 Å². The van der Waals surface area contributed by atoms with Gasteiger partial charge < -0.3 is 4.74 Å². The lowest BCUT2D eigenvalue weighted by molar-refractivity contribution is -0.149. The van der Waals surface area contributed by atoms with Crippen molar-refractivity contribution in [3.63, 3.8) is 0 Å². The lowest BCUT2D eigenvalue weighted by atomic mass is 10.1. The molecule has 3 nitrogen and oxygen atoms in total. The Kier molecular flexibility index (Phi) is 2.24. The Morgan fingerprint density at radius 2 is 2.33 bits per heavy atom. The van der Waals surface area contributed by atoms with Gasteiger partial charge in [0, 0.05) is 5.92 Å². The Balaban J connectivity index is 2.85. The van der Waals surface area contributed by atoms with Gasteiger partial charge in [-0.3, -0.25) is 9.59 Å². The molecule has 1 aliphatic rings. The van der Waals surface area contributed by atoms with Gasteiger partial charge in [-0.05, 0) is 18.0 Å². The molecule has 0 aliphatic heterocycles. The monoisotopic (exact) mass is 188 g/mol. The average molecular weight is 189 g/mol. The highest BCUT2D eigenvalue weighted by Gasteiger charge is 2.64. The first-order valence-electron chi connectivity index (χ1n) is 3.50. The van der Waals surface area contributed by atoms with Gasteiger partial charge in [0.15, 0.2) is 0 Å². The van der Waals surface area contributed by atoms with Crippen LogP contribution in [0, 0.1) is 11.3 Å². The van der Waals surface area contributed by atoms with Crippen molar-refractivity contribution in [2.24, 2.45) is 11.3 Å². The van der Waals surface area contributed by atoms with Crippen LogP contribution in [0.2, 0.25) is 0 Å². The molecule has 0 radical (unpaired) electrons. The molecule has 0 bridgehead atoms. The number of rotatable bonds is 3. The van der Waals surface area contributed by atoms with Gasteiger partial charge in [0.05, 0.1) is 7.11 Å². The summed E-state index contributed by atoms with van der Waals surface area (Å²) < 4.78 is 4.48. The number of carbonyl (C=O) groups is 2. The zero-order valence-electron chi connectivity index (χ0n) is 6.67. The summed E-state index contributed by atoms with van der Waals surface area (Å²) >= 11 is 5.29. The molecule has 2 atom stereocenters. The summed E-state index contributed by atoms with van der Waals surface area (Å²) in [6.45, 7) is 3.50. The molecule has 1 saturated carbocycles. The topological polar surface area (TPSA) is 43.4 Å². The summed E-state index contributed by atoms with van der Waals surface area (Å²) in [5.41, 5.74) is -1.13. The van der Waals surface area contributed by atoms with Crippen molar-refractivity contribution in [2.45, 2.75) is 6.42 Å². The minimum atomic E-state index is -1.13. The van der Waals surface area contributed by atoms with Crippen LogP contribution in [0.4, 0.5) is 0 Å². The predicted octanol–water partition coefficient (Wildman–Crippen LogP) is 1.12. The number of hydrogen-bond donors (Lipinski definition) is 0. The maximum absolute atomic E-state index is 11.1. The van der Waals surface area contributed by atoms with E-state index in [1.807, 2.05) is 0 Å². The molecular weight excluding hydrogens is 180 g/mol. The van der Waals surface area contributed by atoms with Crippen molar-refractivity contribution in [1.29, 1.82) is 0 Å². The second-order valence-electron chi connectivity index (χ2n) is 2.78. The van der Waals surface area contributed by atoms with E-state index >= 15 is 0 Å². The molecule has 4 heteroatoms. The van der Waals surface area contributed by atoms with E-state index in [-0.39, 0.29) is 5.92 Å². The molecule has 0 aromatic rings. The van der Waals surface area contributed by atoms with Gasteiger partial charge in [0.2, 0.25) is 5.24 Å². The highest BCUT2D eigenvalue weighted by atomic mass is 35.5. The molecule has 0 heterocycles. The highest BCUT2D eigenvalue weighted by Crippen LogP contribution is 2.55. The van der Waals surface area contributed by atoms with Crippen molar-refractivity contribution >= 4 is 22.8 Å². The third-order valence-corrected chi connectivity index (χ3v) is 2.54. The van der Waals surface area contributed by atoms with Crippen LogP contribution < -0.4 is 0 Å². The number of esters is 1. The van der Waals surface area contributed by atoms with Gasteiger partial charge in [-0.25, -0.2) is 0 Å². The lowest BCUT2D eigenvalue weighted by Crippen LogP contribution is -2.25. The fraction of sp³-hybridized carbons (Fsp3) is 0.500. The number of allylic oxidation sites excluding steroid dienone is 1. The van der Waals surface area contributed by atoms with Crippen LogP contribution in [-0.4, -0.2) is 18.3 Å². The summed E-state index contributed by atoms with van der Waals surface area (Å²) in [6.07, 6.45) is 1.97. The zero-order chi connectivity index (χ0) is 9.35. The average Bonchev–Trinajstić information content (AvgIpc) is 2.78. The van der Waals surface area contributed by atoms with E-state index < -0.39 is 16.6 Å². The number of carbonyl (C=O) groups excluding carboxylic acids is 2. The predicted molar refractivity (Wildman–Crippen MR) is 43.6 cm³/mol. The molecule has 66 valence electrons. The zero-order valence-corrected chi connectivity index (χ0v) is 7.43. The quantitative estimate of drug-likeness (QED) is 0.289. The van der Waals surface area contributed by atoms with Crippen LogP contribution in [-0.2, 0) is 14.3 Å². The fourth-order valence-electron chi connectivity index (χ4n) is 1.30. The van der Waals surface area contributed by atoms with E-state index in [0.717, 1.165) is 0 Å². The SMILES string of the molecule is C=CC1CC1(C(=O)Cl)C(=O)OC. The van der Waals surface area contributed by atoms with E-state index in [1.165, 1.54) is 7.11 Å². The number of halogens is 1. The van der Waals surface area contributed by atoms with Crippen LogP contribution in [0.25, 0.3) is 0 Å². The smallest absolute Gasteiger partial charge is 0.321 e. The highest BCUT2D eigenvalue weighted by molar-refractivity contribution is 6.67. The molecule has 0 aromatic carbocycles. The standard InChI is InChI=1S/C8H9ClO3/c1-3-5-4-8(5,6(9)10)7(11)12-2/h3,5H,1,4H2,2H3. The molecule has 1 rings (SSSR count). The molecule has 0 amide bonds. The first-order chi connectivity index (χ1) is 5.59. The van der Waals surface area contributed by atoms with E-state index in [2.05, 4.69) is 11.3 Å². The Labute approximate surface area is 75.3 Å². The molecular formula is C8H9ClO3. The normalized spacial score (nSPS) is 32.3. The summed E-state index contributed by atoms with van der Waals surface area (Å²) in [7, 11) is 1.24. The molecule has 0 spiro atoms. The largest absolute Gasteiger partial charge is 0.468 e. The number of ether oxygens (including phenoxy) is 1. The van der Waals surface area contributed by atoms with E-state index in [4.69, 9.17) is 11.6 Å². The second-order valence-corrected chi connectivity index (χ2v) is 3.13. The lowest BCUT2D eigenvalue weighted by Gasteiger charge is -2.07. The van der Waals surface area contributed by atoms with E-state index in [9.17, 15) is 9.59 Å². The summed E-state index contributed by atoms with van der Waals surface area (Å²) in [4.78, 5) is 22.0. The minimum Gasteiger partial charge on any atom is -0.468 e. The van der Waals surface area contributed by atoms with Crippen molar-refractivity contribution in [3.05, 3.63) is 12.7 Å². The minimum absolute atomic E-state index is 0.157. The molecule has 12 heavy (non-hydrogen) atoms. The molecule has 0 saturated heterocycles. The number of methoxy groups -OCH3 is 1. The molecule has 0 aromatic heterocycles. The number of hydrogen-bond acceptors (Lipinski definition) is 3. The Bertz CT molecular complexity index is 249. The van der Waals surface area contributed by atoms with Crippen LogP contribution >= 0.6 is 11.6 Å². The van der Waals surface area contributed by atoms with Crippen LogP contribution in [0.3, 0.4) is 0 Å².